The zero-order valence-electron chi connectivity index (χ0n) is 15.6. The fraction of sp³-hybridized carbons (Fsp3) is 0.0952. The monoisotopic (exact) mass is 428 g/mol. The van der Waals surface area contributed by atoms with Crippen LogP contribution in [0.25, 0.3) is 11.6 Å². The zero-order chi connectivity index (χ0) is 21.3. The molecule has 0 bridgehead atoms. The van der Waals surface area contributed by atoms with Crippen LogP contribution in [0.4, 0.5) is 9.18 Å². The molecule has 0 saturated heterocycles. The largest absolute Gasteiger partial charge is 0.467 e. The van der Waals surface area contributed by atoms with E-state index in [-0.39, 0.29) is 12.1 Å². The van der Waals surface area contributed by atoms with Crippen LogP contribution in [0.5, 0.6) is 0 Å². The van der Waals surface area contributed by atoms with Gasteiger partial charge in [-0.05, 0) is 47.4 Å². The maximum Gasteiger partial charge on any atom is 0.340 e. The molecule has 0 unspecified atom stereocenters. The van der Waals surface area contributed by atoms with Crippen LogP contribution in [0.2, 0.25) is 0 Å². The van der Waals surface area contributed by atoms with Gasteiger partial charge in [0.15, 0.2) is 6.61 Å². The highest BCUT2D eigenvalue weighted by Crippen LogP contribution is 2.24. The molecular weight excluding hydrogens is 411 g/mol. The molecule has 0 spiro atoms. The Morgan fingerprint density at radius 3 is 2.57 bits per heavy atom. The van der Waals surface area contributed by atoms with Crippen LogP contribution in [0.3, 0.4) is 0 Å². The summed E-state index contributed by atoms with van der Waals surface area (Å²) in [5.74, 6) is -1.40. The summed E-state index contributed by atoms with van der Waals surface area (Å²) >= 11 is 1.32. The lowest BCUT2D eigenvalue weighted by molar-refractivity contribution is -0.142. The Bertz CT molecular complexity index is 1030. The van der Waals surface area contributed by atoms with Crippen molar-refractivity contribution in [2.45, 2.75) is 6.54 Å². The molecule has 30 heavy (non-hydrogen) atoms. The first-order valence-electron chi connectivity index (χ1n) is 8.79. The molecule has 2 heterocycles. The van der Waals surface area contributed by atoms with Gasteiger partial charge in [-0.3, -0.25) is 10.1 Å². The number of thiophene rings is 1. The van der Waals surface area contributed by atoms with Crippen LogP contribution in [0.1, 0.15) is 16.2 Å². The van der Waals surface area contributed by atoms with E-state index in [0.717, 1.165) is 0 Å². The maximum absolute atomic E-state index is 13.1. The Morgan fingerprint density at radius 1 is 1.10 bits per heavy atom. The molecule has 0 radical (unpaired) electrons. The van der Waals surface area contributed by atoms with Crippen molar-refractivity contribution in [2.75, 3.05) is 6.61 Å². The summed E-state index contributed by atoms with van der Waals surface area (Å²) in [6, 6.07) is 11.7. The first-order chi connectivity index (χ1) is 14.5. The number of imide groups is 1. The standard InChI is InChI=1S/C21H17FN2O5S/c22-15-7-5-14(6-8-15)11-17(18-4-2-10-30-18)20(26)29-13-19(25)24-21(27)23-12-16-3-1-9-28-16/h1-11H,12-13H2,(H2,23,24,25,27). The number of amides is 3. The number of furan rings is 1. The summed E-state index contributed by atoms with van der Waals surface area (Å²) < 4.78 is 23.2. The Hall–Kier alpha value is -3.72. The van der Waals surface area contributed by atoms with Crippen molar-refractivity contribution < 1.29 is 27.9 Å². The Balaban J connectivity index is 1.57. The van der Waals surface area contributed by atoms with Gasteiger partial charge in [0.1, 0.15) is 11.6 Å². The van der Waals surface area contributed by atoms with Gasteiger partial charge in [-0.25, -0.2) is 14.0 Å². The van der Waals surface area contributed by atoms with E-state index in [4.69, 9.17) is 9.15 Å². The van der Waals surface area contributed by atoms with Gasteiger partial charge in [-0.2, -0.15) is 0 Å². The number of urea groups is 1. The third-order valence-electron chi connectivity index (χ3n) is 3.78. The smallest absolute Gasteiger partial charge is 0.340 e. The summed E-state index contributed by atoms with van der Waals surface area (Å²) in [5, 5.41) is 6.29. The van der Waals surface area contributed by atoms with Gasteiger partial charge in [0.25, 0.3) is 5.91 Å². The lowest BCUT2D eigenvalue weighted by Gasteiger charge is -2.08. The van der Waals surface area contributed by atoms with Crippen LogP contribution in [-0.2, 0) is 20.9 Å². The average Bonchev–Trinajstić information content (AvgIpc) is 3.44. The second kappa shape index (κ2) is 10.2. The van der Waals surface area contributed by atoms with Crippen LogP contribution in [0, 0.1) is 5.82 Å². The fourth-order valence-corrected chi connectivity index (χ4v) is 3.11. The summed E-state index contributed by atoms with van der Waals surface area (Å²) in [5.41, 5.74) is 0.810. The van der Waals surface area contributed by atoms with Gasteiger partial charge < -0.3 is 14.5 Å². The summed E-state index contributed by atoms with van der Waals surface area (Å²) in [7, 11) is 0. The first kappa shape index (κ1) is 21.0. The van der Waals surface area contributed by atoms with Crippen molar-refractivity contribution in [2.24, 2.45) is 0 Å². The number of esters is 1. The van der Waals surface area contributed by atoms with Crippen molar-refractivity contribution in [1.29, 1.82) is 0 Å². The minimum Gasteiger partial charge on any atom is -0.467 e. The molecule has 0 saturated carbocycles. The second-order valence-corrected chi connectivity index (χ2v) is 6.92. The number of ether oxygens (including phenoxy) is 1. The Kier molecular flexibility index (Phi) is 7.12. The van der Waals surface area contributed by atoms with Gasteiger partial charge in [0.05, 0.1) is 18.4 Å². The maximum atomic E-state index is 13.1. The second-order valence-electron chi connectivity index (χ2n) is 5.97. The first-order valence-corrected chi connectivity index (χ1v) is 9.67. The van der Waals surface area contributed by atoms with Crippen molar-refractivity contribution in [3.63, 3.8) is 0 Å². The van der Waals surface area contributed by atoms with E-state index >= 15 is 0 Å². The molecule has 2 aromatic heterocycles. The molecule has 3 amide bonds. The third kappa shape index (κ3) is 6.14. The van der Waals surface area contributed by atoms with Crippen molar-refractivity contribution in [3.05, 3.63) is 82.2 Å². The minimum absolute atomic E-state index is 0.106. The molecule has 0 aliphatic rings. The van der Waals surface area contributed by atoms with E-state index in [1.54, 1.807) is 35.7 Å². The minimum atomic E-state index is -0.785. The predicted molar refractivity (Wildman–Crippen MR) is 109 cm³/mol. The van der Waals surface area contributed by atoms with E-state index in [0.29, 0.717) is 16.2 Å². The van der Waals surface area contributed by atoms with Crippen molar-refractivity contribution in [1.82, 2.24) is 10.6 Å². The number of rotatable bonds is 7. The molecule has 3 rings (SSSR count). The highest BCUT2D eigenvalue weighted by molar-refractivity contribution is 7.11. The van der Waals surface area contributed by atoms with Gasteiger partial charge >= 0.3 is 12.0 Å². The highest BCUT2D eigenvalue weighted by Gasteiger charge is 2.17. The molecule has 7 nitrogen and oxygen atoms in total. The fourth-order valence-electron chi connectivity index (χ4n) is 2.38. The average molecular weight is 428 g/mol. The Labute approximate surface area is 175 Å². The van der Waals surface area contributed by atoms with E-state index in [1.165, 1.54) is 41.9 Å². The Morgan fingerprint density at radius 2 is 1.90 bits per heavy atom. The van der Waals surface area contributed by atoms with Crippen LogP contribution in [-0.4, -0.2) is 24.5 Å². The molecule has 1 aromatic carbocycles. The zero-order valence-corrected chi connectivity index (χ0v) is 16.4. The molecule has 9 heteroatoms. The molecule has 0 aliphatic carbocycles. The number of hydrogen-bond acceptors (Lipinski definition) is 6. The summed E-state index contributed by atoms with van der Waals surface area (Å²) in [6.07, 6.45) is 3.01. The number of carbonyl (C=O) groups excluding carboxylic acids is 3. The van der Waals surface area contributed by atoms with Crippen LogP contribution in [0.15, 0.2) is 64.6 Å². The van der Waals surface area contributed by atoms with E-state index < -0.39 is 30.3 Å². The van der Waals surface area contributed by atoms with Crippen LogP contribution < -0.4 is 10.6 Å². The molecule has 0 aliphatic heterocycles. The molecule has 0 fully saturated rings. The normalized spacial score (nSPS) is 11.0. The summed E-state index contributed by atoms with van der Waals surface area (Å²) in [6.45, 7) is -0.534. The molecule has 3 aromatic rings. The number of carbonyl (C=O) groups is 3. The molecule has 2 N–H and O–H groups in total. The number of halogens is 1. The quantitative estimate of drug-likeness (QED) is 0.443. The lowest BCUT2D eigenvalue weighted by atomic mass is 10.1. The van der Waals surface area contributed by atoms with Crippen molar-refractivity contribution >= 4 is 40.9 Å². The van der Waals surface area contributed by atoms with Crippen molar-refractivity contribution in [3.8, 4) is 0 Å². The number of hydrogen-bond donors (Lipinski definition) is 2. The molecule has 154 valence electrons. The van der Waals surface area contributed by atoms with Gasteiger partial charge in [-0.1, -0.05) is 18.2 Å². The van der Waals surface area contributed by atoms with Crippen LogP contribution >= 0.6 is 11.3 Å². The van der Waals surface area contributed by atoms with E-state index in [1.807, 2.05) is 0 Å². The molecule has 0 atom stereocenters. The number of nitrogens with one attached hydrogen (secondary N) is 2. The van der Waals surface area contributed by atoms with Gasteiger partial charge in [0.2, 0.25) is 0 Å². The van der Waals surface area contributed by atoms with Gasteiger partial charge in [0, 0.05) is 4.88 Å². The topological polar surface area (TPSA) is 97.6 Å². The van der Waals surface area contributed by atoms with E-state index in [9.17, 15) is 18.8 Å². The number of benzene rings is 1. The molecular formula is C21H17FN2O5S. The third-order valence-corrected chi connectivity index (χ3v) is 4.68. The SMILES string of the molecule is O=C(COC(=O)C(=Cc1ccc(F)cc1)c1cccs1)NC(=O)NCc1ccco1. The van der Waals surface area contributed by atoms with Gasteiger partial charge in [-0.15, -0.1) is 11.3 Å². The predicted octanol–water partition coefficient (Wildman–Crippen LogP) is 3.59. The van der Waals surface area contributed by atoms with E-state index in [2.05, 4.69) is 10.6 Å². The lowest BCUT2D eigenvalue weighted by Crippen LogP contribution is -2.41. The summed E-state index contributed by atoms with van der Waals surface area (Å²) in [4.78, 5) is 36.8. The highest BCUT2D eigenvalue weighted by atomic mass is 32.1.